The second kappa shape index (κ2) is 8.91. The summed E-state index contributed by atoms with van der Waals surface area (Å²) in [5.74, 6) is 1.35. The number of benzene rings is 2. The summed E-state index contributed by atoms with van der Waals surface area (Å²) in [6.45, 7) is 7.50. The molecular formula is C25H30N2O5S. The number of rotatable bonds is 6. The lowest BCUT2D eigenvalue weighted by Crippen LogP contribution is -2.44. The van der Waals surface area contributed by atoms with Crippen LogP contribution in [0.1, 0.15) is 46.0 Å². The number of nitrogens with one attached hydrogen (secondary N) is 2. The van der Waals surface area contributed by atoms with Gasteiger partial charge in [0.05, 0.1) is 17.2 Å². The summed E-state index contributed by atoms with van der Waals surface area (Å²) in [6.07, 6.45) is 0.813. The molecule has 4 rings (SSSR count). The summed E-state index contributed by atoms with van der Waals surface area (Å²) in [6, 6.07) is 7.67. The number of hydrogen-bond donors (Lipinski definition) is 3. The molecule has 0 saturated carbocycles. The maximum absolute atomic E-state index is 12.9. The minimum Gasteiger partial charge on any atom is -0.507 e. The standard InChI is InChI=1S/C25H30N2O5S/c1-13-14(2)22-20(15(3)21(13)29)18(28)11-25(4,32-22)12-31-17-8-6-16(7-9-17)10-19-23(30)27-24(26-5)33-19/h6-9,19,24,26,29H,10-12H2,1-5H3,(H,27,30). The number of phenols is 1. The van der Waals surface area contributed by atoms with Crippen molar-refractivity contribution in [1.82, 2.24) is 10.6 Å². The topological polar surface area (TPSA) is 96.9 Å². The minimum absolute atomic E-state index is 0.0427. The van der Waals surface area contributed by atoms with Gasteiger partial charge >= 0.3 is 0 Å². The number of amides is 1. The van der Waals surface area contributed by atoms with Crippen LogP contribution in [0.3, 0.4) is 0 Å². The van der Waals surface area contributed by atoms with Crippen LogP contribution in [0, 0.1) is 20.8 Å². The highest BCUT2D eigenvalue weighted by Crippen LogP contribution is 2.43. The number of carbonyl (C=O) groups is 2. The third kappa shape index (κ3) is 4.54. The van der Waals surface area contributed by atoms with Crippen molar-refractivity contribution in [2.45, 2.75) is 56.9 Å². The third-order valence-corrected chi connectivity index (χ3v) is 7.73. The van der Waals surface area contributed by atoms with Crippen LogP contribution in [0.5, 0.6) is 17.2 Å². The largest absolute Gasteiger partial charge is 0.507 e. The smallest absolute Gasteiger partial charge is 0.235 e. The molecule has 2 aliphatic heterocycles. The van der Waals surface area contributed by atoms with Gasteiger partial charge in [-0.2, -0.15) is 0 Å². The highest BCUT2D eigenvalue weighted by atomic mass is 32.2. The number of ether oxygens (including phenoxy) is 2. The molecule has 3 atom stereocenters. The maximum Gasteiger partial charge on any atom is 0.235 e. The summed E-state index contributed by atoms with van der Waals surface area (Å²) < 4.78 is 12.3. The van der Waals surface area contributed by atoms with E-state index in [0.29, 0.717) is 29.0 Å². The van der Waals surface area contributed by atoms with Gasteiger partial charge in [0.25, 0.3) is 0 Å². The minimum atomic E-state index is -0.815. The zero-order valence-electron chi connectivity index (χ0n) is 19.6. The average Bonchev–Trinajstić information content (AvgIpc) is 3.14. The second-order valence-electron chi connectivity index (χ2n) is 9.02. The Hall–Kier alpha value is -2.71. The molecule has 3 N–H and O–H groups in total. The molecule has 2 aromatic rings. The van der Waals surface area contributed by atoms with Crippen LogP contribution in [-0.4, -0.2) is 46.8 Å². The van der Waals surface area contributed by atoms with Crippen molar-refractivity contribution < 1.29 is 24.2 Å². The van der Waals surface area contributed by atoms with Crippen LogP contribution in [0.15, 0.2) is 24.3 Å². The van der Waals surface area contributed by atoms with Crippen molar-refractivity contribution in [2.24, 2.45) is 0 Å². The average molecular weight is 471 g/mol. The molecule has 0 bridgehead atoms. The molecule has 2 aliphatic rings. The Labute approximate surface area is 198 Å². The molecular weight excluding hydrogens is 440 g/mol. The molecule has 1 fully saturated rings. The zero-order valence-corrected chi connectivity index (χ0v) is 20.4. The van der Waals surface area contributed by atoms with E-state index in [2.05, 4.69) is 10.6 Å². The lowest BCUT2D eigenvalue weighted by molar-refractivity contribution is -0.120. The number of Topliss-reactive ketones (excluding diaryl/α,β-unsaturated/α-hetero) is 1. The highest BCUT2D eigenvalue weighted by molar-refractivity contribution is 8.01. The van der Waals surface area contributed by atoms with Crippen molar-refractivity contribution in [3.8, 4) is 17.2 Å². The van der Waals surface area contributed by atoms with E-state index in [1.54, 1.807) is 18.7 Å². The molecule has 176 valence electrons. The molecule has 3 unspecified atom stereocenters. The first-order valence-corrected chi connectivity index (χ1v) is 12.0. The van der Waals surface area contributed by atoms with Gasteiger partial charge in [-0.1, -0.05) is 12.1 Å². The summed E-state index contributed by atoms with van der Waals surface area (Å²) in [5, 5.41) is 16.2. The number of aromatic hydroxyl groups is 1. The van der Waals surface area contributed by atoms with Crippen molar-refractivity contribution in [3.05, 3.63) is 52.1 Å². The van der Waals surface area contributed by atoms with E-state index in [4.69, 9.17) is 9.47 Å². The van der Waals surface area contributed by atoms with E-state index >= 15 is 0 Å². The summed E-state index contributed by atoms with van der Waals surface area (Å²) in [4.78, 5) is 25.0. The van der Waals surface area contributed by atoms with Crippen LogP contribution in [-0.2, 0) is 11.2 Å². The summed E-state index contributed by atoms with van der Waals surface area (Å²) >= 11 is 1.58. The van der Waals surface area contributed by atoms with Gasteiger partial charge in [0.15, 0.2) is 5.78 Å². The molecule has 0 spiro atoms. The van der Waals surface area contributed by atoms with Crippen LogP contribution in [0.4, 0.5) is 0 Å². The number of carbonyl (C=O) groups excluding carboxylic acids is 2. The molecule has 0 radical (unpaired) electrons. The first kappa shape index (κ1) is 23.4. The Kier molecular flexibility index (Phi) is 6.33. The monoisotopic (exact) mass is 470 g/mol. The molecule has 0 aliphatic carbocycles. The van der Waals surface area contributed by atoms with Gasteiger partial charge in [0.2, 0.25) is 5.91 Å². The van der Waals surface area contributed by atoms with E-state index < -0.39 is 5.60 Å². The molecule has 33 heavy (non-hydrogen) atoms. The Morgan fingerprint density at radius 2 is 1.88 bits per heavy atom. The van der Waals surface area contributed by atoms with Gasteiger partial charge in [-0.25, -0.2) is 0 Å². The second-order valence-corrected chi connectivity index (χ2v) is 10.3. The number of phenolic OH excluding ortho intramolecular Hbond substituents is 1. The Balaban J connectivity index is 1.42. The fraction of sp³-hybridized carbons (Fsp3) is 0.440. The summed E-state index contributed by atoms with van der Waals surface area (Å²) in [5.41, 5.74) is 2.70. The predicted molar refractivity (Wildman–Crippen MR) is 128 cm³/mol. The maximum atomic E-state index is 12.9. The van der Waals surface area contributed by atoms with Crippen LogP contribution in [0.2, 0.25) is 0 Å². The molecule has 7 nitrogen and oxygen atoms in total. The van der Waals surface area contributed by atoms with Gasteiger partial charge < -0.3 is 19.9 Å². The van der Waals surface area contributed by atoms with Gasteiger partial charge in [0, 0.05) is 5.56 Å². The van der Waals surface area contributed by atoms with Crippen molar-refractivity contribution in [1.29, 1.82) is 0 Å². The lowest BCUT2D eigenvalue weighted by Gasteiger charge is -2.36. The van der Waals surface area contributed by atoms with Crippen molar-refractivity contribution in [2.75, 3.05) is 13.7 Å². The van der Waals surface area contributed by atoms with Gasteiger partial charge in [-0.15, -0.1) is 11.8 Å². The molecule has 8 heteroatoms. The number of ketones is 1. The van der Waals surface area contributed by atoms with Gasteiger partial charge in [-0.05, 0) is 70.0 Å². The van der Waals surface area contributed by atoms with E-state index in [0.717, 1.165) is 16.7 Å². The van der Waals surface area contributed by atoms with Gasteiger partial charge in [0.1, 0.15) is 35.0 Å². The number of fused-ring (bicyclic) bond motifs is 1. The fourth-order valence-electron chi connectivity index (χ4n) is 4.29. The Morgan fingerprint density at radius 3 is 2.52 bits per heavy atom. The first-order chi connectivity index (χ1) is 15.6. The molecule has 2 heterocycles. The number of hydrogen-bond acceptors (Lipinski definition) is 7. The SMILES string of the molecule is CNC1NC(=O)C(Cc2ccc(OCC3(C)CC(=O)c4c(C)c(O)c(C)c(C)c4O3)cc2)S1. The van der Waals surface area contributed by atoms with Crippen molar-refractivity contribution >= 4 is 23.5 Å². The van der Waals surface area contributed by atoms with Crippen LogP contribution >= 0.6 is 11.8 Å². The normalized spacial score (nSPS) is 24.3. The molecule has 1 amide bonds. The zero-order chi connectivity index (χ0) is 23.9. The lowest BCUT2D eigenvalue weighted by atomic mass is 9.86. The van der Waals surface area contributed by atoms with Crippen LogP contribution in [0.25, 0.3) is 0 Å². The Morgan fingerprint density at radius 1 is 1.18 bits per heavy atom. The van der Waals surface area contributed by atoms with Crippen molar-refractivity contribution in [3.63, 3.8) is 0 Å². The number of thioether (sulfide) groups is 1. The predicted octanol–water partition coefficient (Wildman–Crippen LogP) is 3.40. The van der Waals surface area contributed by atoms with E-state index in [1.165, 1.54) is 0 Å². The van der Waals surface area contributed by atoms with Gasteiger partial charge in [-0.3, -0.25) is 14.9 Å². The third-order valence-electron chi connectivity index (χ3n) is 6.39. The quantitative estimate of drug-likeness (QED) is 0.595. The highest BCUT2D eigenvalue weighted by Gasteiger charge is 2.40. The Bertz CT molecular complexity index is 1100. The molecule has 2 aromatic carbocycles. The molecule has 0 aromatic heterocycles. The molecule has 1 saturated heterocycles. The van der Waals surface area contributed by atoms with Crippen LogP contribution < -0.4 is 20.1 Å². The van der Waals surface area contributed by atoms with E-state index in [9.17, 15) is 14.7 Å². The fourth-order valence-corrected chi connectivity index (χ4v) is 5.42. The summed E-state index contributed by atoms with van der Waals surface area (Å²) in [7, 11) is 1.82. The van der Waals surface area contributed by atoms with E-state index in [-0.39, 0.29) is 41.2 Å². The van der Waals surface area contributed by atoms with E-state index in [1.807, 2.05) is 52.1 Å². The first-order valence-electron chi connectivity index (χ1n) is 11.0.